The summed E-state index contributed by atoms with van der Waals surface area (Å²) in [4.78, 5) is 29.1. The number of halogens is 1. The van der Waals surface area contributed by atoms with Crippen LogP contribution in [0.25, 0.3) is 6.08 Å². The molecule has 0 aliphatic rings. The number of carbonyl (C=O) groups excluding carboxylic acids is 2. The third-order valence-corrected chi connectivity index (χ3v) is 4.58. The average molecular weight is 428 g/mol. The summed E-state index contributed by atoms with van der Waals surface area (Å²) >= 11 is 4.64. The van der Waals surface area contributed by atoms with Crippen molar-refractivity contribution in [2.75, 3.05) is 5.32 Å². The maximum absolute atomic E-state index is 12.6. The van der Waals surface area contributed by atoms with Crippen molar-refractivity contribution < 1.29 is 9.59 Å². The molecule has 0 aliphatic carbocycles. The van der Waals surface area contributed by atoms with E-state index in [1.165, 1.54) is 11.3 Å². The molecule has 130 valence electrons. The van der Waals surface area contributed by atoms with Gasteiger partial charge < -0.3 is 5.32 Å². The first kappa shape index (κ1) is 18.0. The maximum atomic E-state index is 12.6. The number of carbonyl (C=O) groups is 2. The van der Waals surface area contributed by atoms with Gasteiger partial charge in [-0.2, -0.15) is 0 Å². The zero-order chi connectivity index (χ0) is 18.4. The highest BCUT2D eigenvalue weighted by atomic mass is 79.9. The second kappa shape index (κ2) is 8.55. The second-order valence-corrected chi connectivity index (χ2v) is 7.03. The Labute approximate surface area is 162 Å². The Morgan fingerprint density at radius 1 is 1.04 bits per heavy atom. The van der Waals surface area contributed by atoms with E-state index in [2.05, 4.69) is 31.5 Å². The topological polar surface area (TPSA) is 71.1 Å². The number of thiazole rings is 1. The molecular weight excluding hydrogens is 414 g/mol. The van der Waals surface area contributed by atoms with Gasteiger partial charge in [0.15, 0.2) is 5.13 Å². The Morgan fingerprint density at radius 2 is 1.77 bits per heavy atom. The second-order valence-electron chi connectivity index (χ2n) is 5.22. The molecule has 3 rings (SSSR count). The number of aromatic nitrogens is 1. The Balaban J connectivity index is 1.84. The third-order valence-electron chi connectivity index (χ3n) is 3.36. The van der Waals surface area contributed by atoms with Crippen LogP contribution in [-0.4, -0.2) is 16.8 Å². The van der Waals surface area contributed by atoms with Crippen molar-refractivity contribution in [2.24, 2.45) is 0 Å². The molecular formula is C19H14BrN3O2S. The van der Waals surface area contributed by atoms with Crippen molar-refractivity contribution in [3.05, 3.63) is 87.5 Å². The lowest BCUT2D eigenvalue weighted by Crippen LogP contribution is -2.30. The van der Waals surface area contributed by atoms with E-state index in [9.17, 15) is 9.59 Å². The Hall–Kier alpha value is -2.77. The van der Waals surface area contributed by atoms with E-state index in [1.54, 1.807) is 41.9 Å². The highest BCUT2D eigenvalue weighted by Crippen LogP contribution is 2.14. The number of nitrogens with zero attached hydrogens (tertiary/aromatic N) is 1. The lowest BCUT2D eigenvalue weighted by molar-refractivity contribution is -0.113. The van der Waals surface area contributed by atoms with Gasteiger partial charge in [-0.25, -0.2) is 4.98 Å². The summed E-state index contributed by atoms with van der Waals surface area (Å²) < 4.78 is 0.871. The molecule has 5 nitrogen and oxygen atoms in total. The highest BCUT2D eigenvalue weighted by molar-refractivity contribution is 9.10. The number of anilines is 1. The number of rotatable bonds is 5. The summed E-state index contributed by atoms with van der Waals surface area (Å²) in [5.74, 6) is -0.803. The molecule has 2 amide bonds. The molecule has 0 spiro atoms. The number of hydrogen-bond acceptors (Lipinski definition) is 4. The SMILES string of the molecule is O=C(Nc1nccs1)/C(=C/c1ccccc1)NC(=O)c1ccc(Br)cc1. The Kier molecular flexibility index (Phi) is 5.93. The smallest absolute Gasteiger partial charge is 0.273 e. The molecule has 0 unspecified atom stereocenters. The van der Waals surface area contributed by atoms with Gasteiger partial charge in [0.1, 0.15) is 5.70 Å². The van der Waals surface area contributed by atoms with E-state index in [4.69, 9.17) is 0 Å². The zero-order valence-electron chi connectivity index (χ0n) is 13.5. The van der Waals surface area contributed by atoms with Crippen LogP contribution in [0.4, 0.5) is 5.13 Å². The van der Waals surface area contributed by atoms with E-state index in [1.807, 2.05) is 30.3 Å². The molecule has 0 saturated carbocycles. The van der Waals surface area contributed by atoms with Crippen molar-refractivity contribution in [3.8, 4) is 0 Å². The van der Waals surface area contributed by atoms with Crippen LogP contribution >= 0.6 is 27.3 Å². The Morgan fingerprint density at radius 3 is 2.42 bits per heavy atom. The van der Waals surface area contributed by atoms with Crippen LogP contribution in [-0.2, 0) is 4.79 Å². The zero-order valence-corrected chi connectivity index (χ0v) is 15.9. The molecule has 2 aromatic carbocycles. The van der Waals surface area contributed by atoms with Crippen LogP contribution in [0.3, 0.4) is 0 Å². The summed E-state index contributed by atoms with van der Waals surface area (Å²) in [7, 11) is 0. The summed E-state index contributed by atoms with van der Waals surface area (Å²) in [6, 6.07) is 16.2. The molecule has 1 aromatic heterocycles. The lowest BCUT2D eigenvalue weighted by atomic mass is 10.1. The third kappa shape index (κ3) is 4.87. The molecule has 2 N–H and O–H groups in total. The molecule has 0 atom stereocenters. The molecule has 0 saturated heterocycles. The predicted molar refractivity (Wildman–Crippen MR) is 107 cm³/mol. The van der Waals surface area contributed by atoms with Crippen LogP contribution in [0.2, 0.25) is 0 Å². The minimum absolute atomic E-state index is 0.138. The van der Waals surface area contributed by atoms with Crippen molar-refractivity contribution in [3.63, 3.8) is 0 Å². The molecule has 0 fully saturated rings. The van der Waals surface area contributed by atoms with Gasteiger partial charge in [0, 0.05) is 21.6 Å². The predicted octanol–water partition coefficient (Wildman–Crippen LogP) is 4.32. The minimum atomic E-state index is -0.436. The van der Waals surface area contributed by atoms with Crippen LogP contribution in [0.5, 0.6) is 0 Å². The standard InChI is InChI=1S/C19H14BrN3O2S/c20-15-8-6-14(7-9-15)17(24)22-16(12-13-4-2-1-3-5-13)18(25)23-19-21-10-11-26-19/h1-12H,(H,22,24)(H,21,23,25)/b16-12-. The fourth-order valence-corrected chi connectivity index (χ4v) is 2.91. The number of benzene rings is 2. The van der Waals surface area contributed by atoms with Gasteiger partial charge in [-0.05, 0) is 35.9 Å². The number of amides is 2. The van der Waals surface area contributed by atoms with Gasteiger partial charge in [0.2, 0.25) is 0 Å². The van der Waals surface area contributed by atoms with E-state index >= 15 is 0 Å². The minimum Gasteiger partial charge on any atom is -0.317 e. The van der Waals surface area contributed by atoms with Gasteiger partial charge in [0.25, 0.3) is 11.8 Å². The molecule has 0 bridgehead atoms. The van der Waals surface area contributed by atoms with E-state index in [0.29, 0.717) is 10.7 Å². The molecule has 0 radical (unpaired) electrons. The van der Waals surface area contributed by atoms with Gasteiger partial charge >= 0.3 is 0 Å². The maximum Gasteiger partial charge on any atom is 0.273 e. The monoisotopic (exact) mass is 427 g/mol. The largest absolute Gasteiger partial charge is 0.317 e. The van der Waals surface area contributed by atoms with Crippen LogP contribution in [0.1, 0.15) is 15.9 Å². The normalized spacial score (nSPS) is 11.0. The molecule has 26 heavy (non-hydrogen) atoms. The van der Waals surface area contributed by atoms with Gasteiger partial charge in [-0.3, -0.25) is 14.9 Å². The quantitative estimate of drug-likeness (QED) is 0.595. The molecule has 3 aromatic rings. The first-order chi connectivity index (χ1) is 12.6. The summed E-state index contributed by atoms with van der Waals surface area (Å²) in [6.45, 7) is 0. The number of hydrogen-bond donors (Lipinski definition) is 2. The fourth-order valence-electron chi connectivity index (χ4n) is 2.12. The van der Waals surface area contributed by atoms with Crippen molar-refractivity contribution in [1.29, 1.82) is 0 Å². The molecule has 7 heteroatoms. The van der Waals surface area contributed by atoms with Crippen molar-refractivity contribution >= 4 is 50.3 Å². The highest BCUT2D eigenvalue weighted by Gasteiger charge is 2.15. The van der Waals surface area contributed by atoms with Crippen molar-refractivity contribution in [2.45, 2.75) is 0 Å². The van der Waals surface area contributed by atoms with Crippen LogP contribution in [0.15, 0.2) is 76.3 Å². The van der Waals surface area contributed by atoms with Gasteiger partial charge in [0.05, 0.1) is 0 Å². The average Bonchev–Trinajstić information content (AvgIpc) is 3.15. The van der Waals surface area contributed by atoms with Gasteiger partial charge in [-0.15, -0.1) is 11.3 Å². The van der Waals surface area contributed by atoms with E-state index < -0.39 is 5.91 Å². The fraction of sp³-hybridized carbons (Fsp3) is 0. The van der Waals surface area contributed by atoms with Crippen molar-refractivity contribution in [1.82, 2.24) is 10.3 Å². The molecule has 1 heterocycles. The first-order valence-electron chi connectivity index (χ1n) is 7.66. The van der Waals surface area contributed by atoms with Crippen LogP contribution in [0, 0.1) is 0 Å². The summed E-state index contributed by atoms with van der Waals surface area (Å²) in [5.41, 5.74) is 1.39. The summed E-state index contributed by atoms with van der Waals surface area (Å²) in [6.07, 6.45) is 3.22. The molecule has 0 aliphatic heterocycles. The van der Waals surface area contributed by atoms with E-state index in [0.717, 1.165) is 10.0 Å². The lowest BCUT2D eigenvalue weighted by Gasteiger charge is -2.10. The van der Waals surface area contributed by atoms with Crippen LogP contribution < -0.4 is 10.6 Å². The summed E-state index contributed by atoms with van der Waals surface area (Å²) in [5, 5.41) is 7.60. The van der Waals surface area contributed by atoms with E-state index in [-0.39, 0.29) is 11.6 Å². The first-order valence-corrected chi connectivity index (χ1v) is 9.33. The number of nitrogens with one attached hydrogen (secondary N) is 2. The van der Waals surface area contributed by atoms with Gasteiger partial charge in [-0.1, -0.05) is 46.3 Å². The Bertz CT molecular complexity index is 923.